The van der Waals surface area contributed by atoms with Gasteiger partial charge in [-0.15, -0.1) is 0 Å². The zero-order valence-corrected chi connectivity index (χ0v) is 21.5. The molecule has 5 rings (SSSR count). The Morgan fingerprint density at radius 3 is 2.40 bits per heavy atom. The zero-order valence-electron chi connectivity index (χ0n) is 21.5. The van der Waals surface area contributed by atoms with Gasteiger partial charge in [-0.2, -0.15) is 0 Å². The van der Waals surface area contributed by atoms with Crippen molar-refractivity contribution < 1.29 is 34.8 Å². The molecule has 0 aromatic heterocycles. The van der Waals surface area contributed by atoms with Gasteiger partial charge < -0.3 is 25.2 Å². The first-order valence-corrected chi connectivity index (χ1v) is 13.1. The van der Waals surface area contributed by atoms with Crippen LogP contribution in [-0.4, -0.2) is 61.2 Å². The molecule has 4 N–H and O–H groups in total. The second kappa shape index (κ2) is 7.50. The molecule has 0 saturated heterocycles. The highest BCUT2D eigenvalue weighted by Gasteiger charge is 2.74. The Hall–Kier alpha value is -1.54. The van der Waals surface area contributed by atoms with E-state index in [4.69, 9.17) is 4.74 Å². The number of ether oxygens (including phenoxy) is 1. The van der Waals surface area contributed by atoms with E-state index < -0.39 is 45.8 Å². The fourth-order valence-electron chi connectivity index (χ4n) is 9.01. The molecule has 0 aromatic carbocycles. The van der Waals surface area contributed by atoms with Crippen molar-refractivity contribution in [3.8, 4) is 0 Å². The van der Waals surface area contributed by atoms with Gasteiger partial charge in [0.15, 0.2) is 5.78 Å². The number of hydrogen-bond donors (Lipinski definition) is 4. The molecule has 4 aliphatic carbocycles. The molecule has 0 spiro atoms. The van der Waals surface area contributed by atoms with Crippen molar-refractivity contribution >= 4 is 11.8 Å². The summed E-state index contributed by atoms with van der Waals surface area (Å²) in [7, 11) is 0. The van der Waals surface area contributed by atoms with E-state index in [0.717, 1.165) is 5.57 Å². The van der Waals surface area contributed by atoms with Gasteiger partial charge in [0, 0.05) is 17.4 Å². The summed E-state index contributed by atoms with van der Waals surface area (Å²) in [5.41, 5.74) is -5.08. The summed E-state index contributed by atoms with van der Waals surface area (Å²) in [6, 6.07) is 0. The van der Waals surface area contributed by atoms with Crippen LogP contribution in [0.15, 0.2) is 23.3 Å². The van der Waals surface area contributed by atoms with E-state index in [2.05, 4.69) is 0 Å². The van der Waals surface area contributed by atoms with Gasteiger partial charge in [-0.3, -0.25) is 4.79 Å². The molecule has 7 nitrogen and oxygen atoms in total. The van der Waals surface area contributed by atoms with E-state index in [1.807, 2.05) is 13.8 Å². The molecule has 35 heavy (non-hydrogen) atoms. The van der Waals surface area contributed by atoms with Crippen molar-refractivity contribution in [2.24, 2.45) is 28.6 Å². The summed E-state index contributed by atoms with van der Waals surface area (Å²) in [4.78, 5) is 25.6. The van der Waals surface area contributed by atoms with Crippen LogP contribution in [-0.2, 0) is 14.3 Å². The van der Waals surface area contributed by atoms with Gasteiger partial charge in [0.05, 0.1) is 11.5 Å². The number of cyclic esters (lactones) is 1. The van der Waals surface area contributed by atoms with E-state index in [9.17, 15) is 30.0 Å². The summed E-state index contributed by atoms with van der Waals surface area (Å²) in [6.45, 7) is 8.96. The lowest BCUT2D eigenvalue weighted by Crippen LogP contribution is -2.71. The van der Waals surface area contributed by atoms with Crippen LogP contribution in [0.1, 0.15) is 79.6 Å². The predicted octanol–water partition coefficient (Wildman–Crippen LogP) is 2.59. The number of allylic oxidation sites excluding steroid dienone is 1. The Bertz CT molecular complexity index is 1030. The van der Waals surface area contributed by atoms with E-state index in [-0.39, 0.29) is 30.0 Å². The van der Waals surface area contributed by atoms with Crippen LogP contribution in [0.25, 0.3) is 0 Å². The summed E-state index contributed by atoms with van der Waals surface area (Å²) in [5, 5.41) is 46.9. The summed E-state index contributed by atoms with van der Waals surface area (Å²) < 4.78 is 5.64. The smallest absolute Gasteiger partial charge is 0.334 e. The van der Waals surface area contributed by atoms with Crippen molar-refractivity contribution in [2.75, 3.05) is 0 Å². The highest BCUT2D eigenvalue weighted by atomic mass is 16.6. The fraction of sp³-hybridized carbons (Fsp3) is 0.786. The zero-order chi connectivity index (χ0) is 25.8. The minimum atomic E-state index is -1.68. The molecule has 3 saturated carbocycles. The molecule has 7 heteroatoms. The average molecular weight is 489 g/mol. The first-order valence-electron chi connectivity index (χ1n) is 13.1. The number of aliphatic hydroxyl groups is 4. The first-order chi connectivity index (χ1) is 16.1. The minimum absolute atomic E-state index is 0.0508. The average Bonchev–Trinajstić information content (AvgIpc) is 3.07. The van der Waals surface area contributed by atoms with Gasteiger partial charge in [0.1, 0.15) is 22.9 Å². The SMILES string of the molecule is CC1=C(C)C(=O)OC(C(C)(O)C2(O)CCC3C4CC(O)C5(O)CC=CC(=O)C5(C)C4CCC32C)C1. The summed E-state index contributed by atoms with van der Waals surface area (Å²) in [6.07, 6.45) is 4.41. The molecule has 10 unspecified atom stereocenters. The number of ketones is 1. The Morgan fingerprint density at radius 1 is 1.09 bits per heavy atom. The lowest BCUT2D eigenvalue weighted by Gasteiger charge is -2.64. The number of rotatable bonds is 2. The first kappa shape index (κ1) is 25.1. The monoisotopic (exact) mass is 488 g/mol. The molecule has 1 aliphatic heterocycles. The van der Waals surface area contributed by atoms with Gasteiger partial charge in [-0.05, 0) is 90.0 Å². The van der Waals surface area contributed by atoms with Crippen LogP contribution in [0.2, 0.25) is 0 Å². The Kier molecular flexibility index (Phi) is 5.38. The van der Waals surface area contributed by atoms with E-state index >= 15 is 0 Å². The van der Waals surface area contributed by atoms with Crippen LogP contribution in [0, 0.1) is 28.6 Å². The van der Waals surface area contributed by atoms with Gasteiger partial charge in [0.25, 0.3) is 0 Å². The summed E-state index contributed by atoms with van der Waals surface area (Å²) >= 11 is 0. The molecule has 1 heterocycles. The van der Waals surface area contributed by atoms with Crippen LogP contribution < -0.4 is 0 Å². The van der Waals surface area contributed by atoms with E-state index in [1.54, 1.807) is 32.9 Å². The third-order valence-electron chi connectivity index (χ3n) is 11.6. The number of carbonyl (C=O) groups excluding carboxylic acids is 2. The van der Waals surface area contributed by atoms with E-state index in [0.29, 0.717) is 44.1 Å². The van der Waals surface area contributed by atoms with Crippen molar-refractivity contribution in [3.63, 3.8) is 0 Å². The largest absolute Gasteiger partial charge is 0.455 e. The number of carbonyl (C=O) groups is 2. The van der Waals surface area contributed by atoms with Crippen LogP contribution in [0.5, 0.6) is 0 Å². The van der Waals surface area contributed by atoms with Crippen molar-refractivity contribution in [1.82, 2.24) is 0 Å². The van der Waals surface area contributed by atoms with Gasteiger partial charge in [-0.25, -0.2) is 4.79 Å². The molecule has 0 bridgehead atoms. The second-order valence-electron chi connectivity index (χ2n) is 12.7. The number of fused-ring (bicyclic) bond motifs is 5. The van der Waals surface area contributed by atoms with Gasteiger partial charge >= 0.3 is 5.97 Å². The highest BCUT2D eigenvalue weighted by Crippen LogP contribution is 2.69. The Morgan fingerprint density at radius 2 is 1.74 bits per heavy atom. The molecule has 3 fully saturated rings. The highest BCUT2D eigenvalue weighted by molar-refractivity contribution is 5.97. The molecule has 0 radical (unpaired) electrons. The lowest BCUT2D eigenvalue weighted by atomic mass is 9.42. The maximum absolute atomic E-state index is 13.2. The molecule has 5 aliphatic rings. The molecular weight excluding hydrogens is 448 g/mol. The normalized spacial score (nSPS) is 51.3. The molecule has 0 amide bonds. The lowest BCUT2D eigenvalue weighted by molar-refractivity contribution is -0.267. The number of hydrogen-bond acceptors (Lipinski definition) is 7. The van der Waals surface area contributed by atoms with Crippen LogP contribution >= 0.6 is 0 Å². The molecule has 0 aromatic rings. The minimum Gasteiger partial charge on any atom is -0.455 e. The topological polar surface area (TPSA) is 124 Å². The van der Waals surface area contributed by atoms with Crippen LogP contribution in [0.3, 0.4) is 0 Å². The standard InChI is InChI=1S/C28H40O7/c1-15-13-22(35-23(31)16(15)2)26(5,32)28(34)12-9-18-17-14-21(30)27(33)10-6-7-20(29)25(27,4)19(17)8-11-24(18,28)3/h6-7,17-19,21-22,30,32-34H,8-14H2,1-5H3. The Balaban J connectivity index is 1.51. The maximum atomic E-state index is 13.2. The number of aliphatic hydroxyl groups excluding tert-OH is 1. The third-order valence-corrected chi connectivity index (χ3v) is 11.6. The van der Waals surface area contributed by atoms with Crippen molar-refractivity contribution in [1.29, 1.82) is 0 Å². The quantitative estimate of drug-likeness (QED) is 0.441. The molecular formula is C28H40O7. The fourth-order valence-corrected chi connectivity index (χ4v) is 9.01. The predicted molar refractivity (Wildman–Crippen MR) is 128 cm³/mol. The summed E-state index contributed by atoms with van der Waals surface area (Å²) in [5.74, 6) is -0.857. The van der Waals surface area contributed by atoms with Gasteiger partial charge in [-0.1, -0.05) is 18.6 Å². The van der Waals surface area contributed by atoms with Crippen molar-refractivity contribution in [3.05, 3.63) is 23.3 Å². The molecule has 10 atom stereocenters. The second-order valence-corrected chi connectivity index (χ2v) is 12.7. The van der Waals surface area contributed by atoms with Crippen LogP contribution in [0.4, 0.5) is 0 Å². The van der Waals surface area contributed by atoms with Gasteiger partial charge in [0.2, 0.25) is 0 Å². The third kappa shape index (κ3) is 2.87. The van der Waals surface area contributed by atoms with Crippen molar-refractivity contribution in [2.45, 2.75) is 109 Å². The Labute approximate surface area is 207 Å². The molecule has 194 valence electrons. The van der Waals surface area contributed by atoms with E-state index in [1.165, 1.54) is 0 Å². The maximum Gasteiger partial charge on any atom is 0.334 e. The number of esters is 1.